The Labute approximate surface area is 172 Å². The first-order valence-corrected chi connectivity index (χ1v) is 9.07. The number of aromatic nitrogens is 3. The van der Waals surface area contributed by atoms with Gasteiger partial charge in [0.1, 0.15) is 5.75 Å². The molecule has 0 saturated carbocycles. The summed E-state index contributed by atoms with van der Waals surface area (Å²) in [5.41, 5.74) is 1.79. The summed E-state index contributed by atoms with van der Waals surface area (Å²) >= 11 is 0. The van der Waals surface area contributed by atoms with Crippen LogP contribution in [0.25, 0.3) is 0 Å². The predicted molar refractivity (Wildman–Crippen MR) is 113 cm³/mol. The zero-order chi connectivity index (χ0) is 20.8. The summed E-state index contributed by atoms with van der Waals surface area (Å²) in [7, 11) is 0. The van der Waals surface area contributed by atoms with Crippen LogP contribution >= 0.6 is 0 Å². The molecule has 0 bridgehead atoms. The van der Waals surface area contributed by atoms with Crippen molar-refractivity contribution < 1.29 is 14.6 Å². The minimum Gasteiger partial charge on any atom is -0.478 e. The summed E-state index contributed by atoms with van der Waals surface area (Å²) in [5, 5.41) is 15.3. The number of benzene rings is 3. The van der Waals surface area contributed by atoms with E-state index < -0.39 is 5.97 Å². The van der Waals surface area contributed by atoms with E-state index in [1.54, 1.807) is 12.1 Å². The van der Waals surface area contributed by atoms with Crippen molar-refractivity contribution in [2.45, 2.75) is 0 Å². The lowest BCUT2D eigenvalue weighted by atomic mass is 10.2. The van der Waals surface area contributed by atoms with Crippen LogP contribution in [0, 0.1) is 0 Å². The van der Waals surface area contributed by atoms with E-state index in [-0.39, 0.29) is 11.6 Å². The first kappa shape index (κ1) is 18.9. The van der Waals surface area contributed by atoms with Gasteiger partial charge in [0, 0.05) is 11.4 Å². The summed E-state index contributed by atoms with van der Waals surface area (Å²) in [6.07, 6.45) is 0. The van der Waals surface area contributed by atoms with Crippen LogP contribution in [0.2, 0.25) is 0 Å². The summed E-state index contributed by atoms with van der Waals surface area (Å²) < 4.78 is 5.73. The predicted octanol–water partition coefficient (Wildman–Crippen LogP) is 4.85. The number of hydrogen-bond donors (Lipinski definition) is 3. The fourth-order valence-corrected chi connectivity index (χ4v) is 2.59. The van der Waals surface area contributed by atoms with Crippen molar-refractivity contribution >= 4 is 29.2 Å². The molecule has 8 heteroatoms. The average molecular weight is 399 g/mol. The molecule has 0 amide bonds. The van der Waals surface area contributed by atoms with Crippen LogP contribution in [0.15, 0.2) is 84.9 Å². The molecule has 0 aliphatic carbocycles. The van der Waals surface area contributed by atoms with Crippen molar-refractivity contribution in [1.82, 2.24) is 15.0 Å². The Hall–Kier alpha value is -4.46. The van der Waals surface area contributed by atoms with E-state index in [1.807, 2.05) is 60.7 Å². The first-order chi connectivity index (χ1) is 14.7. The molecule has 1 aromatic heterocycles. The van der Waals surface area contributed by atoms with Crippen LogP contribution < -0.4 is 15.4 Å². The second-order valence-electron chi connectivity index (χ2n) is 6.18. The molecule has 0 fully saturated rings. The van der Waals surface area contributed by atoms with E-state index in [0.717, 1.165) is 11.4 Å². The van der Waals surface area contributed by atoms with Gasteiger partial charge < -0.3 is 20.5 Å². The topological polar surface area (TPSA) is 109 Å². The maximum absolute atomic E-state index is 11.0. The molecule has 4 rings (SSSR count). The SMILES string of the molecule is O=C(O)c1ccc(Oc2nc(Nc3ccccc3)nc(Nc3ccccc3)n2)cc1. The van der Waals surface area contributed by atoms with Crippen LogP contribution in [-0.4, -0.2) is 26.0 Å². The van der Waals surface area contributed by atoms with Crippen LogP contribution in [0.3, 0.4) is 0 Å². The number of nitrogens with one attached hydrogen (secondary N) is 2. The molecule has 3 aromatic carbocycles. The number of ether oxygens (including phenoxy) is 1. The number of rotatable bonds is 7. The monoisotopic (exact) mass is 399 g/mol. The summed E-state index contributed by atoms with van der Waals surface area (Å²) in [6.45, 7) is 0. The average Bonchev–Trinajstić information content (AvgIpc) is 2.75. The highest BCUT2D eigenvalue weighted by molar-refractivity contribution is 5.87. The zero-order valence-electron chi connectivity index (χ0n) is 15.7. The molecular weight excluding hydrogens is 382 g/mol. The van der Waals surface area contributed by atoms with E-state index >= 15 is 0 Å². The van der Waals surface area contributed by atoms with E-state index in [1.165, 1.54) is 12.1 Å². The molecule has 0 atom stereocenters. The number of hydrogen-bond acceptors (Lipinski definition) is 7. The molecule has 1 heterocycles. The normalized spacial score (nSPS) is 10.3. The van der Waals surface area contributed by atoms with Gasteiger partial charge in [-0.1, -0.05) is 36.4 Å². The van der Waals surface area contributed by atoms with Gasteiger partial charge in [-0.25, -0.2) is 4.79 Å². The third-order valence-corrected chi connectivity index (χ3v) is 3.99. The molecule has 0 saturated heterocycles. The van der Waals surface area contributed by atoms with Crippen LogP contribution in [0.5, 0.6) is 11.8 Å². The largest absolute Gasteiger partial charge is 0.478 e. The number of carboxylic acids is 1. The standard InChI is InChI=1S/C22H17N5O3/c28-19(29)15-11-13-18(14-12-15)30-22-26-20(23-16-7-3-1-4-8-16)25-21(27-22)24-17-9-5-2-6-10-17/h1-14H,(H,28,29)(H2,23,24,25,26,27). The van der Waals surface area contributed by atoms with E-state index in [9.17, 15) is 4.79 Å². The fraction of sp³-hybridized carbons (Fsp3) is 0. The van der Waals surface area contributed by atoms with Crippen molar-refractivity contribution in [2.75, 3.05) is 10.6 Å². The molecule has 0 unspecified atom stereocenters. The molecule has 0 spiro atoms. The number of anilines is 4. The lowest BCUT2D eigenvalue weighted by Crippen LogP contribution is -2.05. The Bertz CT molecular complexity index is 1080. The Balaban J connectivity index is 1.62. The van der Waals surface area contributed by atoms with Gasteiger partial charge in [0.2, 0.25) is 11.9 Å². The lowest BCUT2D eigenvalue weighted by Gasteiger charge is -2.11. The van der Waals surface area contributed by atoms with Crippen molar-refractivity contribution in [2.24, 2.45) is 0 Å². The van der Waals surface area contributed by atoms with Crippen LogP contribution in [0.1, 0.15) is 10.4 Å². The van der Waals surface area contributed by atoms with E-state index in [4.69, 9.17) is 9.84 Å². The molecular formula is C22H17N5O3. The Morgan fingerprint density at radius 2 is 1.20 bits per heavy atom. The fourth-order valence-electron chi connectivity index (χ4n) is 2.59. The Kier molecular flexibility index (Phi) is 5.47. The highest BCUT2D eigenvalue weighted by Crippen LogP contribution is 2.23. The van der Waals surface area contributed by atoms with Gasteiger partial charge in [0.05, 0.1) is 5.56 Å². The molecule has 0 aliphatic heterocycles. The van der Waals surface area contributed by atoms with Gasteiger partial charge in [-0.15, -0.1) is 0 Å². The Morgan fingerprint density at radius 3 is 1.67 bits per heavy atom. The van der Waals surface area contributed by atoms with Gasteiger partial charge in [-0.05, 0) is 48.5 Å². The number of carbonyl (C=O) groups is 1. The third kappa shape index (κ3) is 4.87. The maximum Gasteiger partial charge on any atom is 0.335 e. The van der Waals surface area contributed by atoms with Crippen molar-refractivity contribution in [1.29, 1.82) is 0 Å². The summed E-state index contributed by atoms with van der Waals surface area (Å²) in [4.78, 5) is 24.0. The number of para-hydroxylation sites is 2. The van der Waals surface area contributed by atoms with E-state index in [2.05, 4.69) is 25.6 Å². The van der Waals surface area contributed by atoms with Crippen molar-refractivity contribution in [3.05, 3.63) is 90.5 Å². The van der Waals surface area contributed by atoms with Gasteiger partial charge in [0.25, 0.3) is 0 Å². The van der Waals surface area contributed by atoms with Gasteiger partial charge >= 0.3 is 12.0 Å². The van der Waals surface area contributed by atoms with Crippen molar-refractivity contribution in [3.8, 4) is 11.8 Å². The van der Waals surface area contributed by atoms with Crippen molar-refractivity contribution in [3.63, 3.8) is 0 Å². The highest BCUT2D eigenvalue weighted by atomic mass is 16.5. The zero-order valence-corrected chi connectivity index (χ0v) is 15.7. The quantitative estimate of drug-likeness (QED) is 0.405. The van der Waals surface area contributed by atoms with E-state index in [0.29, 0.717) is 17.6 Å². The maximum atomic E-state index is 11.0. The van der Waals surface area contributed by atoms with Gasteiger partial charge in [-0.2, -0.15) is 15.0 Å². The third-order valence-electron chi connectivity index (χ3n) is 3.99. The molecule has 148 valence electrons. The van der Waals surface area contributed by atoms with Crippen LogP contribution in [0.4, 0.5) is 23.3 Å². The number of nitrogens with zero attached hydrogens (tertiary/aromatic N) is 3. The number of aromatic carboxylic acids is 1. The lowest BCUT2D eigenvalue weighted by molar-refractivity contribution is 0.0697. The van der Waals surface area contributed by atoms with Gasteiger partial charge in [0.15, 0.2) is 0 Å². The summed E-state index contributed by atoms with van der Waals surface area (Å²) in [6, 6.07) is 25.0. The minimum absolute atomic E-state index is 0.0601. The molecule has 0 aliphatic rings. The second-order valence-corrected chi connectivity index (χ2v) is 6.18. The second kappa shape index (κ2) is 8.70. The minimum atomic E-state index is -1.01. The number of carboxylic acid groups (broad SMARTS) is 1. The Morgan fingerprint density at radius 1 is 0.700 bits per heavy atom. The highest BCUT2D eigenvalue weighted by Gasteiger charge is 2.10. The summed E-state index contributed by atoms with van der Waals surface area (Å²) in [5.74, 6) is -0.00787. The molecule has 30 heavy (non-hydrogen) atoms. The first-order valence-electron chi connectivity index (χ1n) is 9.07. The molecule has 0 radical (unpaired) electrons. The smallest absolute Gasteiger partial charge is 0.335 e. The van der Waals surface area contributed by atoms with Gasteiger partial charge in [-0.3, -0.25) is 0 Å². The van der Waals surface area contributed by atoms with Crippen LogP contribution in [-0.2, 0) is 0 Å². The molecule has 8 nitrogen and oxygen atoms in total. The molecule has 3 N–H and O–H groups in total. The molecule has 4 aromatic rings.